The van der Waals surface area contributed by atoms with Gasteiger partial charge in [0.15, 0.2) is 0 Å². The van der Waals surface area contributed by atoms with Crippen LogP contribution in [0.1, 0.15) is 23.0 Å². The normalized spacial score (nSPS) is 12.6. The standard InChI is InChI=1S/C14H17BrN2OS2/c1-3-9(7-19-2)17-14(18)13-12(16)10-6-8(15)4-5-11(10)20-13/h4-6,9H,3,7,16H2,1-2H3,(H,17,18). The molecule has 0 aliphatic rings. The molecule has 0 aliphatic carbocycles. The molecular weight excluding hydrogens is 356 g/mol. The molecule has 0 saturated carbocycles. The van der Waals surface area contributed by atoms with E-state index in [1.54, 1.807) is 11.8 Å². The summed E-state index contributed by atoms with van der Waals surface area (Å²) < 4.78 is 2.00. The van der Waals surface area contributed by atoms with Gasteiger partial charge in [-0.2, -0.15) is 11.8 Å². The fourth-order valence-corrected chi connectivity index (χ4v) is 4.06. The molecule has 0 aliphatic heterocycles. The van der Waals surface area contributed by atoms with Gasteiger partial charge in [-0.15, -0.1) is 11.3 Å². The maximum absolute atomic E-state index is 12.4. The van der Waals surface area contributed by atoms with Crippen LogP contribution in [-0.4, -0.2) is 24.0 Å². The van der Waals surface area contributed by atoms with Crippen LogP contribution in [0.5, 0.6) is 0 Å². The van der Waals surface area contributed by atoms with Gasteiger partial charge in [-0.25, -0.2) is 0 Å². The molecule has 1 atom stereocenters. The average molecular weight is 373 g/mol. The van der Waals surface area contributed by atoms with E-state index in [1.165, 1.54) is 11.3 Å². The van der Waals surface area contributed by atoms with Crippen LogP contribution in [0.25, 0.3) is 10.1 Å². The first-order chi connectivity index (χ1) is 9.56. The van der Waals surface area contributed by atoms with Gasteiger partial charge in [0.1, 0.15) is 4.88 Å². The van der Waals surface area contributed by atoms with E-state index in [0.29, 0.717) is 10.6 Å². The summed E-state index contributed by atoms with van der Waals surface area (Å²) in [6.07, 6.45) is 2.96. The highest BCUT2D eigenvalue weighted by Gasteiger charge is 2.18. The molecule has 6 heteroatoms. The summed E-state index contributed by atoms with van der Waals surface area (Å²) in [6, 6.07) is 6.09. The van der Waals surface area contributed by atoms with E-state index < -0.39 is 0 Å². The number of nitrogens with two attached hydrogens (primary N) is 1. The zero-order valence-corrected chi connectivity index (χ0v) is 14.6. The largest absolute Gasteiger partial charge is 0.397 e. The molecule has 1 aromatic carbocycles. The summed E-state index contributed by atoms with van der Waals surface area (Å²) in [5.41, 5.74) is 6.70. The van der Waals surface area contributed by atoms with Crippen molar-refractivity contribution in [2.24, 2.45) is 0 Å². The third-order valence-corrected chi connectivity index (χ3v) is 5.50. The fraction of sp³-hybridized carbons (Fsp3) is 0.357. The van der Waals surface area contributed by atoms with Crippen LogP contribution in [0.15, 0.2) is 22.7 Å². The molecule has 2 rings (SSSR count). The van der Waals surface area contributed by atoms with Crippen molar-refractivity contribution in [3.8, 4) is 0 Å². The average Bonchev–Trinajstić information content (AvgIpc) is 2.75. The quantitative estimate of drug-likeness (QED) is 0.829. The first kappa shape index (κ1) is 15.7. The van der Waals surface area contributed by atoms with Crippen molar-refractivity contribution >= 4 is 60.7 Å². The highest BCUT2D eigenvalue weighted by atomic mass is 79.9. The molecule has 3 N–H and O–H groups in total. The number of benzene rings is 1. The Balaban J connectivity index is 2.28. The third-order valence-electron chi connectivity index (χ3n) is 3.09. The van der Waals surface area contributed by atoms with Gasteiger partial charge in [0.2, 0.25) is 0 Å². The van der Waals surface area contributed by atoms with E-state index in [9.17, 15) is 4.79 Å². The Bertz CT molecular complexity index is 627. The molecule has 1 unspecified atom stereocenters. The number of thioether (sulfide) groups is 1. The zero-order chi connectivity index (χ0) is 14.7. The lowest BCUT2D eigenvalue weighted by Gasteiger charge is -2.15. The van der Waals surface area contributed by atoms with Crippen molar-refractivity contribution < 1.29 is 4.79 Å². The van der Waals surface area contributed by atoms with Gasteiger partial charge >= 0.3 is 0 Å². The Kier molecular flexibility index (Phi) is 5.35. The number of nitrogen functional groups attached to an aromatic ring is 1. The predicted octanol–water partition coefficient (Wildman–Crippen LogP) is 4.12. The zero-order valence-electron chi connectivity index (χ0n) is 11.4. The van der Waals surface area contributed by atoms with Crippen LogP contribution >= 0.6 is 39.0 Å². The first-order valence-electron chi connectivity index (χ1n) is 6.34. The molecule has 0 saturated heterocycles. The minimum absolute atomic E-state index is 0.0688. The number of rotatable bonds is 5. The van der Waals surface area contributed by atoms with Crippen LogP contribution < -0.4 is 11.1 Å². The Morgan fingerprint density at radius 1 is 1.55 bits per heavy atom. The lowest BCUT2D eigenvalue weighted by Crippen LogP contribution is -2.36. The summed E-state index contributed by atoms with van der Waals surface area (Å²) in [5, 5.41) is 4.00. The van der Waals surface area contributed by atoms with Gasteiger partial charge in [0.05, 0.1) is 5.69 Å². The summed E-state index contributed by atoms with van der Waals surface area (Å²) in [4.78, 5) is 13.0. The number of amides is 1. The van der Waals surface area contributed by atoms with Crippen LogP contribution in [0, 0.1) is 0 Å². The molecule has 0 radical (unpaired) electrons. The van der Waals surface area contributed by atoms with Gasteiger partial charge in [-0.05, 0) is 30.9 Å². The van der Waals surface area contributed by atoms with Crippen molar-refractivity contribution in [3.63, 3.8) is 0 Å². The SMILES string of the molecule is CCC(CSC)NC(=O)c1sc2ccc(Br)cc2c1N. The molecule has 0 spiro atoms. The smallest absolute Gasteiger partial charge is 0.263 e. The van der Waals surface area contributed by atoms with Crippen molar-refractivity contribution in [1.82, 2.24) is 5.32 Å². The maximum atomic E-state index is 12.4. The summed E-state index contributed by atoms with van der Waals surface area (Å²) in [6.45, 7) is 2.08. The molecule has 20 heavy (non-hydrogen) atoms. The molecule has 1 amide bonds. The van der Waals surface area contributed by atoms with Gasteiger partial charge in [0.25, 0.3) is 5.91 Å². The number of halogens is 1. The van der Waals surface area contributed by atoms with Gasteiger partial charge in [-0.1, -0.05) is 22.9 Å². The predicted molar refractivity (Wildman–Crippen MR) is 93.9 cm³/mol. The number of carbonyl (C=O) groups excluding carboxylic acids is 1. The van der Waals surface area contributed by atoms with E-state index in [0.717, 1.165) is 26.7 Å². The van der Waals surface area contributed by atoms with E-state index in [4.69, 9.17) is 5.73 Å². The highest BCUT2D eigenvalue weighted by Crippen LogP contribution is 2.35. The Morgan fingerprint density at radius 3 is 2.95 bits per heavy atom. The van der Waals surface area contributed by atoms with Gasteiger partial charge in [0, 0.05) is 26.4 Å². The topological polar surface area (TPSA) is 55.1 Å². The Hall–Kier alpha value is -0.720. The Morgan fingerprint density at radius 2 is 2.30 bits per heavy atom. The maximum Gasteiger partial charge on any atom is 0.263 e. The second-order valence-corrected chi connectivity index (χ2v) is 7.40. The van der Waals surface area contributed by atoms with Crippen LogP contribution in [-0.2, 0) is 0 Å². The Labute approximate surface area is 135 Å². The van der Waals surface area contributed by atoms with E-state index in [2.05, 4.69) is 28.2 Å². The number of anilines is 1. The minimum atomic E-state index is -0.0688. The second kappa shape index (κ2) is 6.83. The number of nitrogens with one attached hydrogen (secondary N) is 1. The molecule has 0 bridgehead atoms. The number of fused-ring (bicyclic) bond motifs is 1. The monoisotopic (exact) mass is 372 g/mol. The van der Waals surface area contributed by atoms with E-state index >= 15 is 0 Å². The molecule has 1 heterocycles. The lowest BCUT2D eigenvalue weighted by atomic mass is 10.2. The molecule has 108 valence electrons. The van der Waals surface area contributed by atoms with E-state index in [1.807, 2.05) is 24.5 Å². The van der Waals surface area contributed by atoms with Crippen LogP contribution in [0.2, 0.25) is 0 Å². The lowest BCUT2D eigenvalue weighted by molar-refractivity contribution is 0.0945. The first-order valence-corrected chi connectivity index (χ1v) is 9.34. The van der Waals surface area contributed by atoms with E-state index in [-0.39, 0.29) is 11.9 Å². The second-order valence-electron chi connectivity index (χ2n) is 4.52. The van der Waals surface area contributed by atoms with Crippen molar-refractivity contribution in [2.75, 3.05) is 17.7 Å². The van der Waals surface area contributed by atoms with Crippen LogP contribution in [0.3, 0.4) is 0 Å². The summed E-state index contributed by atoms with van der Waals surface area (Å²) in [5.74, 6) is 0.846. The van der Waals surface area contributed by atoms with Crippen LogP contribution in [0.4, 0.5) is 5.69 Å². The number of thiophene rings is 1. The summed E-state index contributed by atoms with van der Waals surface area (Å²) >= 11 is 6.61. The molecule has 2 aromatic rings. The molecular formula is C14H17BrN2OS2. The van der Waals surface area contributed by atoms with Gasteiger partial charge in [-0.3, -0.25) is 4.79 Å². The molecule has 3 nitrogen and oxygen atoms in total. The van der Waals surface area contributed by atoms with Crippen molar-refractivity contribution in [3.05, 3.63) is 27.5 Å². The van der Waals surface area contributed by atoms with Gasteiger partial charge < -0.3 is 11.1 Å². The number of hydrogen-bond donors (Lipinski definition) is 2. The fourth-order valence-electron chi connectivity index (χ4n) is 1.97. The number of hydrogen-bond acceptors (Lipinski definition) is 4. The van der Waals surface area contributed by atoms with Crippen molar-refractivity contribution in [2.45, 2.75) is 19.4 Å². The number of carbonyl (C=O) groups is 1. The summed E-state index contributed by atoms with van der Waals surface area (Å²) in [7, 11) is 0. The highest BCUT2D eigenvalue weighted by molar-refractivity contribution is 9.10. The molecule has 1 aromatic heterocycles. The molecule has 0 fully saturated rings. The minimum Gasteiger partial charge on any atom is -0.397 e. The third kappa shape index (κ3) is 3.30. The van der Waals surface area contributed by atoms with Crippen molar-refractivity contribution in [1.29, 1.82) is 0 Å².